The summed E-state index contributed by atoms with van der Waals surface area (Å²) >= 11 is 6.99. The minimum absolute atomic E-state index is 0.274. The van der Waals surface area contributed by atoms with Crippen molar-refractivity contribution in [3.05, 3.63) is 75.5 Å². The maximum Gasteiger partial charge on any atom is 0.318 e. The predicted molar refractivity (Wildman–Crippen MR) is 171 cm³/mol. The summed E-state index contributed by atoms with van der Waals surface area (Å²) in [6, 6.07) is 2.42. The van der Waals surface area contributed by atoms with Gasteiger partial charge < -0.3 is 19.5 Å². The van der Waals surface area contributed by atoms with Crippen LogP contribution < -0.4 is 9.64 Å². The van der Waals surface area contributed by atoms with E-state index in [4.69, 9.17) is 37.6 Å². The van der Waals surface area contributed by atoms with Gasteiger partial charge in [-0.05, 0) is 96.9 Å². The van der Waals surface area contributed by atoms with Crippen molar-refractivity contribution >= 4 is 34.6 Å². The van der Waals surface area contributed by atoms with E-state index in [9.17, 15) is 5.11 Å². The molecule has 1 atom stereocenters. The van der Waals surface area contributed by atoms with Gasteiger partial charge in [-0.25, -0.2) is 0 Å². The summed E-state index contributed by atoms with van der Waals surface area (Å²) in [4.78, 5) is 12.1. The molecule has 0 radical (unpaired) electrons. The van der Waals surface area contributed by atoms with Gasteiger partial charge in [0.25, 0.3) is 0 Å². The normalized spacial score (nSPS) is 23.0. The average molecular weight is 588 g/mol. The molecule has 42 heavy (non-hydrogen) atoms. The SMILES string of the molecule is C=Cc1c(C)cc(Cl)c(C2CC2)c1C(=C)C1=C(/C=C\CCC)c2c(N3CCOCC(C)(O)C3)nc(OC)nc2C12CC2. The number of hydrogen-bond donors (Lipinski definition) is 1. The highest BCUT2D eigenvalue weighted by atomic mass is 35.5. The van der Waals surface area contributed by atoms with Crippen LogP contribution in [0.5, 0.6) is 6.01 Å². The van der Waals surface area contributed by atoms with E-state index >= 15 is 0 Å². The molecule has 6 rings (SSSR count). The quantitative estimate of drug-likeness (QED) is 0.329. The van der Waals surface area contributed by atoms with Crippen LogP contribution in [0, 0.1) is 6.92 Å². The number of anilines is 1. The smallest absolute Gasteiger partial charge is 0.318 e. The van der Waals surface area contributed by atoms with Crippen LogP contribution >= 0.6 is 11.6 Å². The lowest BCUT2D eigenvalue weighted by atomic mass is 9.81. The molecular formula is C35H42ClN3O3. The highest BCUT2D eigenvalue weighted by Crippen LogP contribution is 2.66. The largest absolute Gasteiger partial charge is 0.467 e. The Labute approximate surface area is 254 Å². The van der Waals surface area contributed by atoms with Crippen LogP contribution in [0.25, 0.3) is 17.2 Å². The fourth-order valence-electron chi connectivity index (χ4n) is 6.92. The number of rotatable bonds is 9. The number of hydrogen-bond acceptors (Lipinski definition) is 6. The van der Waals surface area contributed by atoms with Crippen LogP contribution in [0.3, 0.4) is 0 Å². The molecule has 7 heteroatoms. The van der Waals surface area contributed by atoms with Crippen molar-refractivity contribution < 1.29 is 14.6 Å². The first-order valence-electron chi connectivity index (χ1n) is 15.2. The first-order valence-corrected chi connectivity index (χ1v) is 15.6. The van der Waals surface area contributed by atoms with Crippen molar-refractivity contribution in [2.75, 3.05) is 38.3 Å². The lowest BCUT2D eigenvalue weighted by Crippen LogP contribution is -2.42. The molecular weight excluding hydrogens is 546 g/mol. The van der Waals surface area contributed by atoms with E-state index < -0.39 is 5.60 Å². The van der Waals surface area contributed by atoms with E-state index in [-0.39, 0.29) is 12.0 Å². The predicted octanol–water partition coefficient (Wildman–Crippen LogP) is 7.42. The van der Waals surface area contributed by atoms with Gasteiger partial charge in [-0.15, -0.1) is 0 Å². The lowest BCUT2D eigenvalue weighted by Gasteiger charge is -2.30. The van der Waals surface area contributed by atoms with Crippen molar-refractivity contribution in [3.63, 3.8) is 0 Å². The van der Waals surface area contributed by atoms with Crippen LogP contribution in [0.2, 0.25) is 5.02 Å². The molecule has 1 aromatic carbocycles. The highest BCUT2D eigenvalue weighted by Gasteiger charge is 2.57. The minimum Gasteiger partial charge on any atom is -0.467 e. The maximum absolute atomic E-state index is 11.1. The molecule has 6 nitrogen and oxygen atoms in total. The molecule has 1 N–H and O–H groups in total. The first-order chi connectivity index (χ1) is 20.2. The van der Waals surface area contributed by atoms with E-state index in [1.54, 1.807) is 7.11 Å². The number of methoxy groups -OCH3 is 1. The Hall–Kier alpha value is -2.93. The number of fused-ring (bicyclic) bond motifs is 2. The Morgan fingerprint density at radius 3 is 2.71 bits per heavy atom. The molecule has 1 unspecified atom stereocenters. The molecule has 2 saturated carbocycles. The van der Waals surface area contributed by atoms with Gasteiger partial charge in [0.1, 0.15) is 11.4 Å². The molecule has 1 saturated heterocycles. The van der Waals surface area contributed by atoms with Crippen molar-refractivity contribution in [2.24, 2.45) is 0 Å². The summed E-state index contributed by atoms with van der Waals surface area (Å²) in [7, 11) is 1.62. The van der Waals surface area contributed by atoms with Crippen molar-refractivity contribution in [1.82, 2.24) is 9.97 Å². The topological polar surface area (TPSA) is 67.7 Å². The van der Waals surface area contributed by atoms with Crippen LogP contribution in [0.1, 0.15) is 91.8 Å². The number of aryl methyl sites for hydroxylation is 1. The second-order valence-electron chi connectivity index (χ2n) is 12.6. The average Bonchev–Trinajstić information content (AvgIpc) is 3.87. The molecule has 3 fully saturated rings. The zero-order valence-corrected chi connectivity index (χ0v) is 26.1. The molecule has 1 aromatic heterocycles. The molecule has 0 bridgehead atoms. The zero-order chi connectivity index (χ0) is 29.8. The minimum atomic E-state index is -1.01. The van der Waals surface area contributed by atoms with E-state index in [2.05, 4.69) is 43.5 Å². The third kappa shape index (κ3) is 4.91. The summed E-state index contributed by atoms with van der Waals surface area (Å²) in [5.74, 6) is 1.22. The Kier molecular flexibility index (Phi) is 7.61. The van der Waals surface area contributed by atoms with Crippen molar-refractivity contribution in [1.29, 1.82) is 0 Å². The summed E-state index contributed by atoms with van der Waals surface area (Å²) in [6.07, 6.45) is 12.7. The molecule has 0 amide bonds. The summed E-state index contributed by atoms with van der Waals surface area (Å²) in [6.45, 7) is 16.9. The number of unbranched alkanes of at least 4 members (excludes halogenated alkanes) is 1. The van der Waals surface area contributed by atoms with E-state index in [0.717, 1.165) is 88.5 Å². The standard InChI is InChI=1S/C35H42ClN3O3/c1-7-9-10-11-25-29-31(37-33(41-6)38-32(29)39-16-17-42-20-34(5,40)19-39)35(14-15-35)30(25)22(4)27-24(8-2)21(3)18-26(36)28(27)23-12-13-23/h8,10-11,18,23,40H,2,4,7,9,12-17,19-20H2,1,3,5-6H3/b11-10-. The van der Waals surface area contributed by atoms with Gasteiger partial charge in [0.2, 0.25) is 0 Å². The van der Waals surface area contributed by atoms with Crippen LogP contribution in [-0.2, 0) is 10.2 Å². The van der Waals surface area contributed by atoms with Gasteiger partial charge in [0.15, 0.2) is 0 Å². The van der Waals surface area contributed by atoms with Gasteiger partial charge in [-0.1, -0.05) is 56.3 Å². The fraction of sp³-hybridized carbons (Fsp3) is 0.486. The van der Waals surface area contributed by atoms with Gasteiger partial charge in [-0.3, -0.25) is 0 Å². The van der Waals surface area contributed by atoms with E-state index in [1.807, 2.05) is 13.0 Å². The summed E-state index contributed by atoms with van der Waals surface area (Å²) in [5, 5.41) is 11.9. The zero-order valence-electron chi connectivity index (χ0n) is 25.4. The summed E-state index contributed by atoms with van der Waals surface area (Å²) < 4.78 is 11.5. The van der Waals surface area contributed by atoms with Crippen molar-refractivity contribution in [2.45, 2.75) is 76.2 Å². The molecule has 2 aromatic rings. The Morgan fingerprint density at radius 1 is 1.31 bits per heavy atom. The number of nitrogens with zero attached hydrogens (tertiary/aromatic N) is 3. The lowest BCUT2D eigenvalue weighted by molar-refractivity contribution is -0.0123. The molecule has 222 valence electrons. The van der Waals surface area contributed by atoms with Crippen LogP contribution in [0.15, 0.2) is 36.9 Å². The molecule has 4 aliphatic rings. The maximum atomic E-state index is 11.1. The third-order valence-electron chi connectivity index (χ3n) is 9.12. The number of aliphatic hydroxyl groups is 1. The second kappa shape index (κ2) is 11.0. The van der Waals surface area contributed by atoms with Gasteiger partial charge in [0, 0.05) is 22.5 Å². The number of ether oxygens (including phenoxy) is 2. The van der Waals surface area contributed by atoms with Crippen LogP contribution in [0.4, 0.5) is 5.82 Å². The second-order valence-corrected chi connectivity index (χ2v) is 13.0. The Balaban J connectivity index is 1.62. The highest BCUT2D eigenvalue weighted by molar-refractivity contribution is 6.32. The number of halogens is 1. The molecule has 3 aliphatic carbocycles. The number of benzene rings is 1. The van der Waals surface area contributed by atoms with E-state index in [0.29, 0.717) is 31.6 Å². The summed E-state index contributed by atoms with van der Waals surface area (Å²) in [5.41, 5.74) is 8.57. The number of allylic oxidation sites excluding steroid dienone is 5. The first kappa shape index (κ1) is 29.2. The fourth-order valence-corrected chi connectivity index (χ4v) is 7.33. The van der Waals surface area contributed by atoms with E-state index in [1.165, 1.54) is 11.1 Å². The van der Waals surface area contributed by atoms with Gasteiger partial charge >= 0.3 is 6.01 Å². The van der Waals surface area contributed by atoms with Gasteiger partial charge in [0.05, 0.1) is 32.6 Å². The number of aromatic nitrogens is 2. The monoisotopic (exact) mass is 587 g/mol. The number of β-amino-alcohol motifs (C(OH)–C–C–N with tert-alkyl or cyclic N) is 1. The molecule has 2 heterocycles. The molecule has 1 aliphatic heterocycles. The van der Waals surface area contributed by atoms with Gasteiger partial charge in [-0.2, -0.15) is 9.97 Å². The Morgan fingerprint density at radius 2 is 2.07 bits per heavy atom. The van der Waals surface area contributed by atoms with Crippen molar-refractivity contribution in [3.8, 4) is 6.01 Å². The Bertz CT molecular complexity index is 1510. The van der Waals surface area contributed by atoms with Crippen LogP contribution in [-0.4, -0.2) is 54.1 Å². The molecule has 1 spiro atoms. The third-order valence-corrected chi connectivity index (χ3v) is 9.43.